The highest BCUT2D eigenvalue weighted by atomic mass is 32.1. The summed E-state index contributed by atoms with van der Waals surface area (Å²) in [6.07, 6.45) is 0. The summed E-state index contributed by atoms with van der Waals surface area (Å²) in [4.78, 5) is 14.8. The summed E-state index contributed by atoms with van der Waals surface area (Å²) in [6, 6.07) is 36.3. The first-order valence-corrected chi connectivity index (χ1v) is 19.5. The molecule has 22 radical (unpaired) electrons. The molecule has 60 heavy (non-hydrogen) atoms. The predicted octanol–water partition coefficient (Wildman–Crippen LogP) is -1.03. The molecular formula is C45H18B11N3S. The zero-order chi connectivity index (χ0) is 42.1. The van der Waals surface area contributed by atoms with Crippen LogP contribution in [0.15, 0.2) is 109 Å². The number of nitrogens with zero attached hydrogens (tertiary/aromatic N) is 3. The summed E-state index contributed by atoms with van der Waals surface area (Å²) in [5, 5.41) is 0.903. The fraction of sp³-hybridized carbons (Fsp3) is 0. The molecular weight excluding hydrogens is 734 g/mol. The number of fused-ring (bicyclic) bond motifs is 3. The van der Waals surface area contributed by atoms with Gasteiger partial charge < -0.3 is 0 Å². The van der Waals surface area contributed by atoms with E-state index in [0.717, 1.165) is 33.4 Å². The molecule has 7 aromatic carbocycles. The van der Waals surface area contributed by atoms with E-state index in [9.17, 15) is 0 Å². The van der Waals surface area contributed by atoms with E-state index < -0.39 is 0 Å². The molecule has 0 aliphatic heterocycles. The van der Waals surface area contributed by atoms with Crippen molar-refractivity contribution in [1.29, 1.82) is 0 Å². The van der Waals surface area contributed by atoms with Crippen molar-refractivity contribution in [3.05, 3.63) is 109 Å². The predicted molar refractivity (Wildman–Crippen MR) is 265 cm³/mol. The number of hydrogen-bond donors (Lipinski definition) is 0. The highest BCUT2D eigenvalue weighted by molar-refractivity contribution is 7.28. The van der Waals surface area contributed by atoms with Crippen molar-refractivity contribution in [3.8, 4) is 67.5 Å². The van der Waals surface area contributed by atoms with Crippen LogP contribution in [0.4, 0.5) is 0 Å². The quantitative estimate of drug-likeness (QED) is 0.205. The van der Waals surface area contributed by atoms with Gasteiger partial charge in [-0.3, -0.25) is 0 Å². The maximum Gasteiger partial charge on any atom is 0.164 e. The molecule has 0 amide bonds. The lowest BCUT2D eigenvalue weighted by Gasteiger charge is -2.26. The highest BCUT2D eigenvalue weighted by Gasteiger charge is 2.25. The number of thiophene rings is 1. The van der Waals surface area contributed by atoms with Gasteiger partial charge in [-0.05, 0) is 44.2 Å². The Hall–Kier alpha value is -5.52. The van der Waals surface area contributed by atoms with Gasteiger partial charge in [0.1, 0.15) is 86.3 Å². The van der Waals surface area contributed by atoms with Crippen LogP contribution < -0.4 is 60.1 Å². The van der Waals surface area contributed by atoms with E-state index >= 15 is 0 Å². The summed E-state index contributed by atoms with van der Waals surface area (Å²) in [6.45, 7) is 0. The molecule has 0 fully saturated rings. The standard InChI is InChI=1S/C45H18B11N3S/c46-30-25(26-31(47)37(53)39(55)38(54)32(26)48)33(49)40(56)42-27(30)28-34(50)35(51)29(36(52)41(28)60-42)45-58-43(23-9-5-2-6-10-23)57-44(59-45)24-17-15-22(16-18-24)21-13-11-20(12-14-21)19-7-3-1-4-8-19/h1-18H. The summed E-state index contributed by atoms with van der Waals surface area (Å²) >= 11 is 1.25. The van der Waals surface area contributed by atoms with Crippen LogP contribution >= 0.6 is 11.3 Å². The molecule has 0 saturated heterocycles. The van der Waals surface area contributed by atoms with Gasteiger partial charge in [-0.2, -0.15) is 0 Å². The van der Waals surface area contributed by atoms with Crippen LogP contribution in [0, 0.1) is 0 Å². The SMILES string of the molecule is [B]c1c([B])c([B])c(-c2c([B])c([B])c3sc4c([B])c(-c5nc(-c6ccccc6)nc(-c6ccc(-c7ccc(-c8ccccc8)cc7)cc6)n5)c([B])c([B])c4c3c2[B])c([B])c1[B]. The molecule has 0 saturated carbocycles. The Bertz CT molecular complexity index is 3170. The van der Waals surface area contributed by atoms with E-state index in [1.807, 2.05) is 72.8 Å². The van der Waals surface area contributed by atoms with Gasteiger partial charge in [0, 0.05) is 26.1 Å². The van der Waals surface area contributed by atoms with Crippen LogP contribution in [0.25, 0.3) is 87.7 Å². The van der Waals surface area contributed by atoms with Crippen LogP contribution in [0.1, 0.15) is 0 Å². The van der Waals surface area contributed by atoms with E-state index in [2.05, 4.69) is 36.4 Å². The Labute approximate surface area is 367 Å². The van der Waals surface area contributed by atoms with Crippen LogP contribution in [0.3, 0.4) is 0 Å². The van der Waals surface area contributed by atoms with Gasteiger partial charge >= 0.3 is 0 Å². The first-order valence-electron chi connectivity index (χ1n) is 18.6. The Morgan fingerprint density at radius 1 is 0.267 bits per heavy atom. The molecule has 0 N–H and O–H groups in total. The molecule has 15 heteroatoms. The summed E-state index contributed by atoms with van der Waals surface area (Å²) in [7, 11) is 72.8. The van der Waals surface area contributed by atoms with E-state index in [0.29, 0.717) is 37.4 Å². The minimum atomic E-state index is 0.0262. The summed E-state index contributed by atoms with van der Waals surface area (Å²) < 4.78 is 1.05. The molecule has 9 rings (SSSR count). The average Bonchev–Trinajstić information content (AvgIpc) is 3.70. The van der Waals surface area contributed by atoms with Gasteiger partial charge in [0.05, 0.1) is 0 Å². The van der Waals surface area contributed by atoms with Crippen LogP contribution in [0.5, 0.6) is 0 Å². The third-order valence-electron chi connectivity index (χ3n) is 10.9. The van der Waals surface area contributed by atoms with E-state index in [-0.39, 0.29) is 77.0 Å². The Balaban J connectivity index is 1.20. The van der Waals surface area contributed by atoms with Crippen molar-refractivity contribution in [2.24, 2.45) is 0 Å². The number of hydrogen-bond acceptors (Lipinski definition) is 4. The zero-order valence-electron chi connectivity index (χ0n) is 32.0. The third kappa shape index (κ3) is 6.48. The third-order valence-corrected chi connectivity index (χ3v) is 12.2. The number of aromatic nitrogens is 3. The molecule has 0 unspecified atom stereocenters. The largest absolute Gasteiger partial charge is 0.208 e. The fourth-order valence-electron chi connectivity index (χ4n) is 7.64. The fourth-order valence-corrected chi connectivity index (χ4v) is 8.90. The highest BCUT2D eigenvalue weighted by Crippen LogP contribution is 2.33. The second-order valence-electron chi connectivity index (χ2n) is 14.4. The Morgan fingerprint density at radius 3 is 1.12 bits per heavy atom. The van der Waals surface area contributed by atoms with Crippen molar-refractivity contribution < 1.29 is 0 Å². The smallest absolute Gasteiger partial charge is 0.164 e. The van der Waals surface area contributed by atoms with Gasteiger partial charge in [0.2, 0.25) is 0 Å². The normalized spacial score (nSPS) is 11.4. The molecule has 2 aromatic heterocycles. The van der Waals surface area contributed by atoms with Crippen molar-refractivity contribution in [3.63, 3.8) is 0 Å². The molecule has 0 aliphatic carbocycles. The van der Waals surface area contributed by atoms with Crippen LogP contribution in [0.2, 0.25) is 0 Å². The lowest BCUT2D eigenvalue weighted by Crippen LogP contribution is -2.56. The molecule has 2 heterocycles. The molecule has 3 nitrogen and oxygen atoms in total. The second-order valence-corrected chi connectivity index (χ2v) is 15.4. The van der Waals surface area contributed by atoms with Crippen LogP contribution in [-0.4, -0.2) is 101 Å². The van der Waals surface area contributed by atoms with E-state index in [1.165, 1.54) is 11.3 Å². The van der Waals surface area contributed by atoms with Gasteiger partial charge in [0.25, 0.3) is 0 Å². The first kappa shape index (κ1) is 39.9. The lowest BCUT2D eigenvalue weighted by atomic mass is 9.57. The number of benzene rings is 7. The zero-order valence-corrected chi connectivity index (χ0v) is 32.8. The van der Waals surface area contributed by atoms with Crippen molar-refractivity contribution in [1.82, 2.24) is 15.0 Å². The Kier molecular flexibility index (Phi) is 10.3. The van der Waals surface area contributed by atoms with Gasteiger partial charge in [-0.1, -0.05) is 153 Å². The lowest BCUT2D eigenvalue weighted by molar-refractivity contribution is 1.08. The molecule has 0 aliphatic rings. The monoisotopic (exact) mass is 753 g/mol. The van der Waals surface area contributed by atoms with Crippen molar-refractivity contribution >= 4 is 178 Å². The van der Waals surface area contributed by atoms with Gasteiger partial charge in [-0.25, -0.2) is 15.0 Å². The molecule has 0 bridgehead atoms. The Morgan fingerprint density at radius 2 is 0.600 bits per heavy atom. The van der Waals surface area contributed by atoms with E-state index in [4.69, 9.17) is 101 Å². The minimum Gasteiger partial charge on any atom is -0.208 e. The molecule has 9 aromatic rings. The average molecular weight is 752 g/mol. The number of rotatable bonds is 6. The second kappa shape index (κ2) is 15.5. The molecule has 0 atom stereocenters. The van der Waals surface area contributed by atoms with E-state index in [1.54, 1.807) is 0 Å². The minimum absolute atomic E-state index is 0.0262. The molecule has 0 spiro atoms. The maximum atomic E-state index is 7.06. The van der Waals surface area contributed by atoms with Crippen LogP contribution in [-0.2, 0) is 0 Å². The van der Waals surface area contributed by atoms with Gasteiger partial charge in [0.15, 0.2) is 17.5 Å². The van der Waals surface area contributed by atoms with Gasteiger partial charge in [-0.15, -0.1) is 27.7 Å². The molecule has 252 valence electrons. The van der Waals surface area contributed by atoms with Crippen molar-refractivity contribution in [2.75, 3.05) is 0 Å². The summed E-state index contributed by atoms with van der Waals surface area (Å²) in [5.41, 5.74) is 7.81. The van der Waals surface area contributed by atoms with Crippen molar-refractivity contribution in [2.45, 2.75) is 0 Å². The first-order chi connectivity index (χ1) is 28.8. The summed E-state index contributed by atoms with van der Waals surface area (Å²) in [5.74, 6) is 1.03. The topological polar surface area (TPSA) is 38.7 Å². The maximum absolute atomic E-state index is 7.06.